The Bertz CT molecular complexity index is 1230. The normalized spacial score (nSPS) is 13.1. The minimum atomic E-state index is -4.84. The molecule has 1 heterocycles. The maximum Gasteiger partial charge on any atom is 0.472 e. The second-order valence-electron chi connectivity index (χ2n) is 8.18. The van der Waals surface area contributed by atoms with Gasteiger partial charge in [-0.3, -0.25) is 15.0 Å². The highest BCUT2D eigenvalue weighted by Crippen LogP contribution is 2.35. The Morgan fingerprint density at radius 2 is 1.94 bits per heavy atom. The van der Waals surface area contributed by atoms with Crippen molar-refractivity contribution in [3.8, 4) is 0 Å². The first-order valence-electron chi connectivity index (χ1n) is 11.1. The van der Waals surface area contributed by atoms with Crippen molar-refractivity contribution < 1.29 is 38.0 Å². The van der Waals surface area contributed by atoms with Crippen molar-refractivity contribution in [3.05, 3.63) is 52.3 Å². The monoisotopic (exact) mass is 521 g/mol. The summed E-state index contributed by atoms with van der Waals surface area (Å²) in [6.07, 6.45) is 2.13. The lowest BCUT2D eigenvalue weighted by Crippen LogP contribution is -2.37. The number of carbonyl (C=O) groups excluding carboxylic acids is 3. The van der Waals surface area contributed by atoms with E-state index in [1.54, 1.807) is 25.1 Å². The Morgan fingerprint density at radius 3 is 2.56 bits per heavy atom. The highest BCUT2D eigenvalue weighted by atomic mass is 31.2. The van der Waals surface area contributed by atoms with E-state index in [-0.39, 0.29) is 29.9 Å². The molecule has 0 aliphatic heterocycles. The van der Waals surface area contributed by atoms with E-state index in [0.29, 0.717) is 22.5 Å². The average Bonchev–Trinajstić information content (AvgIpc) is 3.52. The minimum absolute atomic E-state index is 0.0601. The number of ether oxygens (including phenoxy) is 1. The van der Waals surface area contributed by atoms with Crippen LogP contribution in [-0.2, 0) is 13.8 Å². The minimum Gasteiger partial charge on any atom is -0.421 e. The van der Waals surface area contributed by atoms with E-state index in [1.165, 1.54) is 13.1 Å². The Hall–Kier alpha value is -3.51. The van der Waals surface area contributed by atoms with Gasteiger partial charge in [0.25, 0.3) is 11.8 Å². The third-order valence-electron chi connectivity index (χ3n) is 5.48. The first kappa shape index (κ1) is 27.1. The van der Waals surface area contributed by atoms with Gasteiger partial charge in [0, 0.05) is 30.0 Å². The van der Waals surface area contributed by atoms with Crippen LogP contribution in [0.5, 0.6) is 0 Å². The van der Waals surface area contributed by atoms with E-state index in [1.807, 2.05) is 6.92 Å². The second kappa shape index (κ2) is 11.0. The third-order valence-corrected chi connectivity index (χ3v) is 5.92. The van der Waals surface area contributed by atoms with E-state index < -0.39 is 26.6 Å². The number of nitrogens with one attached hydrogen (secondary N) is 4. The molecule has 0 radical (unpaired) electrons. The summed E-state index contributed by atoms with van der Waals surface area (Å²) in [5.74, 6) is -0.981. The van der Waals surface area contributed by atoms with Crippen molar-refractivity contribution >= 4 is 37.3 Å². The lowest BCUT2D eigenvalue weighted by molar-refractivity contribution is 0.0210. The van der Waals surface area contributed by atoms with Gasteiger partial charge in [-0.2, -0.15) is 0 Å². The molecule has 36 heavy (non-hydrogen) atoms. The lowest BCUT2D eigenvalue weighted by Gasteiger charge is -2.18. The summed E-state index contributed by atoms with van der Waals surface area (Å²) >= 11 is 0. The molecule has 3 rings (SSSR count). The number of aromatic nitrogens is 1. The number of benzene rings is 1. The predicted octanol–water partition coefficient (Wildman–Crippen LogP) is 2.63. The molecule has 0 bridgehead atoms. The SMILES string of the molecule is CCN(C(=O)OCOP(=O)(O)O)C(=O)c1c[nH]c(C(=N)Nc2cc(C(=O)NC3CC3)ccc2C)c1C. The molecule has 1 aromatic heterocycles. The Balaban J connectivity index is 1.71. The molecule has 1 aliphatic rings. The molecule has 1 aromatic carbocycles. The number of hydrogen-bond acceptors (Lipinski definition) is 7. The van der Waals surface area contributed by atoms with Crippen LogP contribution in [0.1, 0.15) is 57.3 Å². The van der Waals surface area contributed by atoms with Gasteiger partial charge in [-0.05, 0) is 56.9 Å². The topological polar surface area (TPSA) is 194 Å². The lowest BCUT2D eigenvalue weighted by atomic mass is 10.1. The van der Waals surface area contributed by atoms with Crippen LogP contribution in [0.25, 0.3) is 0 Å². The Kier molecular flexibility index (Phi) is 8.31. The smallest absolute Gasteiger partial charge is 0.421 e. The molecule has 0 saturated heterocycles. The summed E-state index contributed by atoms with van der Waals surface area (Å²) in [6.45, 7) is 3.83. The van der Waals surface area contributed by atoms with Gasteiger partial charge in [0.05, 0.1) is 11.3 Å². The van der Waals surface area contributed by atoms with Gasteiger partial charge >= 0.3 is 13.9 Å². The number of amides is 3. The first-order chi connectivity index (χ1) is 16.9. The van der Waals surface area contributed by atoms with Crippen molar-refractivity contribution in [2.45, 2.75) is 39.7 Å². The molecule has 0 atom stereocenters. The zero-order valence-electron chi connectivity index (χ0n) is 20.0. The highest BCUT2D eigenvalue weighted by molar-refractivity contribution is 7.46. The van der Waals surface area contributed by atoms with Crippen molar-refractivity contribution in [1.29, 1.82) is 5.41 Å². The van der Waals surface area contributed by atoms with E-state index in [2.05, 4.69) is 24.9 Å². The number of carbonyl (C=O) groups is 3. The second-order valence-corrected chi connectivity index (χ2v) is 9.42. The number of rotatable bonds is 9. The standard InChI is InChI=1S/C22H28N5O8P/c1-4-27(22(30)34-11-35-36(31,32)33)21(29)16-10-24-18(13(16)3)19(23)26-17-9-14(6-5-12(17)2)20(28)25-15-7-8-15/h5-6,9-10,15,24H,4,7-8,11H2,1-3H3,(H2,23,26)(H,25,28)(H2,31,32,33). The molecule has 1 aliphatic carbocycles. The summed E-state index contributed by atoms with van der Waals surface area (Å²) in [7, 11) is -4.84. The molecule has 13 nitrogen and oxygen atoms in total. The summed E-state index contributed by atoms with van der Waals surface area (Å²) in [6, 6.07) is 5.35. The fraction of sp³-hybridized carbons (Fsp3) is 0.364. The summed E-state index contributed by atoms with van der Waals surface area (Å²) < 4.78 is 19.4. The van der Waals surface area contributed by atoms with Crippen molar-refractivity contribution in [2.75, 3.05) is 18.7 Å². The van der Waals surface area contributed by atoms with Crippen molar-refractivity contribution in [2.24, 2.45) is 0 Å². The van der Waals surface area contributed by atoms with Crippen molar-refractivity contribution in [1.82, 2.24) is 15.2 Å². The third kappa shape index (κ3) is 6.79. The van der Waals surface area contributed by atoms with Crippen LogP contribution in [-0.4, -0.2) is 62.8 Å². The largest absolute Gasteiger partial charge is 0.472 e. The van der Waals surface area contributed by atoms with Crippen LogP contribution in [0, 0.1) is 19.3 Å². The van der Waals surface area contributed by atoms with Crippen LogP contribution in [0.2, 0.25) is 0 Å². The number of amidine groups is 1. The molecule has 14 heteroatoms. The number of aryl methyl sites for hydroxylation is 1. The molecule has 194 valence electrons. The van der Waals surface area contributed by atoms with Crippen LogP contribution in [0.15, 0.2) is 24.4 Å². The number of hydrogen-bond donors (Lipinski definition) is 6. The molecule has 3 amide bonds. The maximum atomic E-state index is 12.9. The summed E-state index contributed by atoms with van der Waals surface area (Å²) in [4.78, 5) is 58.5. The van der Waals surface area contributed by atoms with E-state index in [9.17, 15) is 18.9 Å². The van der Waals surface area contributed by atoms with Crippen molar-refractivity contribution in [3.63, 3.8) is 0 Å². The number of anilines is 1. The van der Waals surface area contributed by atoms with Crippen LogP contribution >= 0.6 is 7.82 Å². The molecular weight excluding hydrogens is 493 g/mol. The van der Waals surface area contributed by atoms with Crippen LogP contribution in [0.3, 0.4) is 0 Å². The number of aromatic amines is 1. The van der Waals surface area contributed by atoms with Crippen LogP contribution in [0.4, 0.5) is 10.5 Å². The van der Waals surface area contributed by atoms with E-state index in [4.69, 9.17) is 15.2 Å². The van der Waals surface area contributed by atoms with Gasteiger partial charge in [0.15, 0.2) is 0 Å². The summed E-state index contributed by atoms with van der Waals surface area (Å²) in [5.41, 5.74) is 2.59. The number of imide groups is 1. The first-order valence-corrected chi connectivity index (χ1v) is 12.6. The number of nitrogens with zero attached hydrogens (tertiary/aromatic N) is 1. The fourth-order valence-corrected chi connectivity index (χ4v) is 3.48. The highest BCUT2D eigenvalue weighted by Gasteiger charge is 2.28. The molecule has 2 aromatic rings. The molecule has 1 saturated carbocycles. The van der Waals surface area contributed by atoms with Gasteiger partial charge < -0.3 is 30.1 Å². The van der Waals surface area contributed by atoms with Gasteiger partial charge in [-0.1, -0.05) is 6.07 Å². The number of phosphoric acid groups is 1. The maximum absolute atomic E-state index is 12.9. The van der Waals surface area contributed by atoms with E-state index in [0.717, 1.165) is 23.3 Å². The molecule has 0 spiro atoms. The quantitative estimate of drug-likeness (QED) is 0.124. The number of H-pyrrole nitrogens is 1. The Morgan fingerprint density at radius 1 is 1.25 bits per heavy atom. The van der Waals surface area contributed by atoms with E-state index >= 15 is 0 Å². The Labute approximate surface area is 206 Å². The molecule has 1 fully saturated rings. The van der Waals surface area contributed by atoms with Gasteiger partial charge in [0.2, 0.25) is 6.79 Å². The van der Waals surface area contributed by atoms with Crippen LogP contribution < -0.4 is 10.6 Å². The fourth-order valence-electron chi connectivity index (χ4n) is 3.29. The number of phosphoric ester groups is 1. The van der Waals surface area contributed by atoms with Gasteiger partial charge in [-0.25, -0.2) is 18.8 Å². The van der Waals surface area contributed by atoms with Gasteiger partial charge in [-0.15, -0.1) is 0 Å². The van der Waals surface area contributed by atoms with Gasteiger partial charge in [0.1, 0.15) is 5.84 Å². The predicted molar refractivity (Wildman–Crippen MR) is 129 cm³/mol. The molecular formula is C22H28N5O8P. The summed E-state index contributed by atoms with van der Waals surface area (Å²) in [5, 5.41) is 14.4. The zero-order chi connectivity index (χ0) is 26.6. The molecule has 0 unspecified atom stereocenters. The average molecular weight is 521 g/mol. The zero-order valence-corrected chi connectivity index (χ0v) is 20.8. The molecule has 6 N–H and O–H groups in total.